The summed E-state index contributed by atoms with van der Waals surface area (Å²) in [5, 5.41) is 0. The van der Waals surface area contributed by atoms with E-state index in [2.05, 4.69) is 9.97 Å². The second-order valence-corrected chi connectivity index (χ2v) is 5.26. The lowest BCUT2D eigenvalue weighted by Crippen LogP contribution is -2.08. The highest BCUT2D eigenvalue weighted by molar-refractivity contribution is 5.88. The van der Waals surface area contributed by atoms with Crippen molar-refractivity contribution in [2.75, 3.05) is 6.61 Å². The summed E-state index contributed by atoms with van der Waals surface area (Å²) in [4.78, 5) is 20.6. The summed E-state index contributed by atoms with van der Waals surface area (Å²) in [5.41, 5.74) is 1.27. The molecule has 2 aromatic heterocycles. The van der Waals surface area contributed by atoms with Crippen LogP contribution in [0.5, 0.6) is 0 Å². The van der Waals surface area contributed by atoms with E-state index in [-0.39, 0.29) is 18.3 Å². The molecule has 21 heavy (non-hydrogen) atoms. The number of hydrogen-bond acceptors (Lipinski definition) is 6. The number of ether oxygens (including phenoxy) is 1. The van der Waals surface area contributed by atoms with E-state index in [1.807, 2.05) is 20.8 Å². The molecule has 0 spiro atoms. The number of oxazole rings is 2. The predicted molar refractivity (Wildman–Crippen MR) is 76.0 cm³/mol. The van der Waals surface area contributed by atoms with Crippen molar-refractivity contribution < 1.29 is 18.4 Å². The maximum atomic E-state index is 12.0. The van der Waals surface area contributed by atoms with Crippen molar-refractivity contribution >= 4 is 5.97 Å². The fourth-order valence-electron chi connectivity index (χ4n) is 2.06. The van der Waals surface area contributed by atoms with Crippen LogP contribution in [-0.2, 0) is 11.2 Å². The molecule has 2 aromatic rings. The Bertz CT molecular complexity index is 640. The minimum Gasteiger partial charge on any atom is -0.460 e. The van der Waals surface area contributed by atoms with Gasteiger partial charge in [0.1, 0.15) is 0 Å². The van der Waals surface area contributed by atoms with Crippen molar-refractivity contribution in [2.45, 2.75) is 41.0 Å². The molecule has 114 valence electrons. The van der Waals surface area contributed by atoms with E-state index < -0.39 is 5.97 Å². The van der Waals surface area contributed by atoms with E-state index in [1.165, 1.54) is 0 Å². The maximum Gasteiger partial charge on any atom is 0.376 e. The predicted octanol–water partition coefficient (Wildman–Crippen LogP) is 3.32. The molecule has 0 atom stereocenters. The van der Waals surface area contributed by atoms with Gasteiger partial charge in [0.15, 0.2) is 5.89 Å². The minimum atomic E-state index is -0.499. The molecular formula is C15H20N2O4. The minimum absolute atomic E-state index is 0.147. The Morgan fingerprint density at radius 1 is 1.24 bits per heavy atom. The molecule has 0 saturated heterocycles. The summed E-state index contributed by atoms with van der Waals surface area (Å²) < 4.78 is 16.1. The zero-order chi connectivity index (χ0) is 15.6. The van der Waals surface area contributed by atoms with Crippen molar-refractivity contribution in [2.24, 2.45) is 5.92 Å². The molecule has 0 radical (unpaired) electrons. The molecule has 0 amide bonds. The van der Waals surface area contributed by atoms with Crippen LogP contribution >= 0.6 is 0 Å². The van der Waals surface area contributed by atoms with Crippen LogP contribution in [0.1, 0.15) is 48.6 Å². The van der Waals surface area contributed by atoms with Gasteiger partial charge in [0.05, 0.1) is 18.0 Å². The molecule has 0 fully saturated rings. The van der Waals surface area contributed by atoms with Gasteiger partial charge in [-0.15, -0.1) is 0 Å². The van der Waals surface area contributed by atoms with E-state index in [0.717, 1.165) is 0 Å². The third kappa shape index (κ3) is 3.32. The largest absolute Gasteiger partial charge is 0.460 e. The molecule has 2 rings (SSSR count). The van der Waals surface area contributed by atoms with Crippen LogP contribution in [0, 0.1) is 19.8 Å². The second-order valence-electron chi connectivity index (χ2n) is 5.26. The first-order valence-electron chi connectivity index (χ1n) is 7.03. The smallest absolute Gasteiger partial charge is 0.376 e. The van der Waals surface area contributed by atoms with Gasteiger partial charge >= 0.3 is 5.97 Å². The quantitative estimate of drug-likeness (QED) is 0.786. The molecule has 0 N–H and O–H groups in total. The Morgan fingerprint density at radius 2 is 1.95 bits per heavy atom. The first kappa shape index (κ1) is 15.3. The first-order chi connectivity index (χ1) is 9.92. The van der Waals surface area contributed by atoms with Crippen LogP contribution < -0.4 is 0 Å². The van der Waals surface area contributed by atoms with Gasteiger partial charge in [0, 0.05) is 6.92 Å². The number of aromatic nitrogens is 2. The fraction of sp³-hybridized carbons (Fsp3) is 0.533. The van der Waals surface area contributed by atoms with Crippen molar-refractivity contribution in [1.29, 1.82) is 0 Å². The van der Waals surface area contributed by atoms with Crippen LogP contribution in [0.4, 0.5) is 0 Å². The summed E-state index contributed by atoms with van der Waals surface area (Å²) in [6.07, 6.45) is 0.629. The summed E-state index contributed by atoms with van der Waals surface area (Å²) >= 11 is 0. The maximum absolute atomic E-state index is 12.0. The molecule has 0 bridgehead atoms. The molecule has 0 aromatic carbocycles. The Kier molecular flexibility index (Phi) is 4.45. The highest BCUT2D eigenvalue weighted by Gasteiger charge is 2.25. The lowest BCUT2D eigenvalue weighted by molar-refractivity contribution is 0.0489. The number of esters is 1. The van der Waals surface area contributed by atoms with Crippen LogP contribution in [0.3, 0.4) is 0 Å². The normalized spacial score (nSPS) is 11.1. The number of rotatable bonds is 5. The van der Waals surface area contributed by atoms with Gasteiger partial charge in [-0.3, -0.25) is 0 Å². The highest BCUT2D eigenvalue weighted by Crippen LogP contribution is 2.27. The average Bonchev–Trinajstić information content (AvgIpc) is 2.92. The Balaban J connectivity index is 2.44. The summed E-state index contributed by atoms with van der Waals surface area (Å²) in [7, 11) is 0. The molecule has 0 aliphatic carbocycles. The van der Waals surface area contributed by atoms with Crippen molar-refractivity contribution in [3.63, 3.8) is 0 Å². The molecule has 6 heteroatoms. The van der Waals surface area contributed by atoms with E-state index in [9.17, 15) is 4.79 Å². The molecule has 2 heterocycles. The summed E-state index contributed by atoms with van der Waals surface area (Å²) in [6.45, 7) is 9.70. The zero-order valence-electron chi connectivity index (χ0n) is 13.0. The number of hydrogen-bond donors (Lipinski definition) is 0. The highest BCUT2D eigenvalue weighted by atomic mass is 16.5. The molecular weight excluding hydrogens is 272 g/mol. The fourth-order valence-corrected chi connectivity index (χ4v) is 2.06. The SMILES string of the molecule is CCOC(=O)c1oc(-c2oc(C)nc2C)nc1CC(C)C. The van der Waals surface area contributed by atoms with Crippen LogP contribution in [0.2, 0.25) is 0 Å². The lowest BCUT2D eigenvalue weighted by Gasteiger charge is -2.02. The van der Waals surface area contributed by atoms with Crippen LogP contribution in [0.15, 0.2) is 8.83 Å². The standard InChI is InChI=1S/C15H20N2O4/c1-6-19-15(18)13-11(7-8(2)3)17-14(21-13)12-9(4)16-10(5)20-12/h8H,6-7H2,1-5H3. The first-order valence-corrected chi connectivity index (χ1v) is 7.03. The lowest BCUT2D eigenvalue weighted by atomic mass is 10.1. The molecule has 0 aliphatic heterocycles. The van der Waals surface area contributed by atoms with Gasteiger partial charge < -0.3 is 13.6 Å². The van der Waals surface area contributed by atoms with Gasteiger partial charge in [0.25, 0.3) is 5.89 Å². The van der Waals surface area contributed by atoms with Gasteiger partial charge in [-0.25, -0.2) is 14.8 Å². The average molecular weight is 292 g/mol. The van der Waals surface area contributed by atoms with E-state index in [1.54, 1.807) is 13.8 Å². The Hall–Kier alpha value is -2.11. The van der Waals surface area contributed by atoms with Crippen LogP contribution in [-0.4, -0.2) is 22.5 Å². The Labute approximate surface area is 123 Å². The van der Waals surface area contributed by atoms with Gasteiger partial charge in [-0.05, 0) is 26.2 Å². The van der Waals surface area contributed by atoms with Crippen molar-refractivity contribution in [1.82, 2.24) is 9.97 Å². The van der Waals surface area contributed by atoms with Crippen molar-refractivity contribution in [3.8, 4) is 11.7 Å². The Morgan fingerprint density at radius 3 is 2.48 bits per heavy atom. The van der Waals surface area contributed by atoms with Gasteiger partial charge in [-0.1, -0.05) is 13.8 Å². The molecule has 0 saturated carbocycles. The topological polar surface area (TPSA) is 78.4 Å². The number of nitrogens with zero attached hydrogens (tertiary/aromatic N) is 2. The third-order valence-corrected chi connectivity index (χ3v) is 2.86. The van der Waals surface area contributed by atoms with Crippen molar-refractivity contribution in [3.05, 3.63) is 23.0 Å². The van der Waals surface area contributed by atoms with E-state index in [0.29, 0.717) is 35.4 Å². The monoisotopic (exact) mass is 292 g/mol. The van der Waals surface area contributed by atoms with Gasteiger partial charge in [0.2, 0.25) is 11.5 Å². The summed E-state index contributed by atoms with van der Waals surface area (Å²) in [6, 6.07) is 0. The number of aryl methyl sites for hydroxylation is 2. The number of carbonyl (C=O) groups excluding carboxylic acids is 1. The van der Waals surface area contributed by atoms with E-state index >= 15 is 0 Å². The second kappa shape index (κ2) is 6.11. The number of carbonyl (C=O) groups is 1. The van der Waals surface area contributed by atoms with Crippen LogP contribution in [0.25, 0.3) is 11.7 Å². The van der Waals surface area contributed by atoms with E-state index in [4.69, 9.17) is 13.6 Å². The molecule has 0 aliphatic rings. The third-order valence-electron chi connectivity index (χ3n) is 2.86. The zero-order valence-corrected chi connectivity index (χ0v) is 13.0. The molecule has 0 unspecified atom stereocenters. The molecule has 6 nitrogen and oxygen atoms in total. The van der Waals surface area contributed by atoms with Gasteiger partial charge in [-0.2, -0.15) is 0 Å². The summed E-state index contributed by atoms with van der Waals surface area (Å²) in [5.74, 6) is 1.24.